The van der Waals surface area contributed by atoms with Gasteiger partial charge in [0.05, 0.1) is 30.9 Å². The molecular weight excluding hydrogens is 346 g/mol. The lowest BCUT2D eigenvalue weighted by Crippen LogP contribution is -2.40. The Morgan fingerprint density at radius 1 is 1.24 bits per heavy atom. The number of carbonyl (C=O) groups excluding carboxylic acids is 1. The van der Waals surface area contributed by atoms with Gasteiger partial charge in [-0.3, -0.25) is 4.79 Å². The maximum Gasteiger partial charge on any atom is 0.251 e. The average Bonchev–Trinajstić information content (AvgIpc) is 3.06. The normalized spacial score (nSPS) is 15.9. The highest BCUT2D eigenvalue weighted by Gasteiger charge is 2.26. The molecule has 0 radical (unpaired) electrons. The molecule has 1 N–H and O–H groups in total. The van der Waals surface area contributed by atoms with E-state index in [1.54, 1.807) is 13.1 Å². The molecular formula is C16H19N3O5S. The number of hydrogen-bond donors (Lipinski definition) is 1. The van der Waals surface area contributed by atoms with Crippen molar-refractivity contribution >= 4 is 15.9 Å². The van der Waals surface area contributed by atoms with E-state index in [2.05, 4.69) is 10.3 Å². The molecule has 1 aromatic carbocycles. The van der Waals surface area contributed by atoms with Gasteiger partial charge in [-0.25, -0.2) is 13.4 Å². The van der Waals surface area contributed by atoms with E-state index in [4.69, 9.17) is 9.15 Å². The minimum Gasteiger partial charge on any atom is -0.444 e. The van der Waals surface area contributed by atoms with Crippen LogP contribution < -0.4 is 5.32 Å². The second-order valence-electron chi connectivity index (χ2n) is 5.59. The molecule has 8 nitrogen and oxygen atoms in total. The summed E-state index contributed by atoms with van der Waals surface area (Å²) < 4.78 is 36.9. The Hall–Kier alpha value is -2.23. The second kappa shape index (κ2) is 7.34. The van der Waals surface area contributed by atoms with Crippen LogP contribution in [0.4, 0.5) is 0 Å². The molecule has 0 bridgehead atoms. The first-order valence-electron chi connectivity index (χ1n) is 7.84. The van der Waals surface area contributed by atoms with Crippen LogP contribution in [-0.2, 0) is 21.3 Å². The molecule has 1 amide bonds. The topological polar surface area (TPSA) is 102 Å². The van der Waals surface area contributed by atoms with Crippen molar-refractivity contribution in [3.8, 4) is 0 Å². The van der Waals surface area contributed by atoms with Gasteiger partial charge in [0, 0.05) is 18.7 Å². The summed E-state index contributed by atoms with van der Waals surface area (Å²) >= 11 is 0. The highest BCUT2D eigenvalue weighted by molar-refractivity contribution is 7.89. The standard InChI is InChI=1S/C16H19N3O5S/c1-12-10-17-15(24-12)11-18-16(20)13-2-4-14(5-3-13)25(21,22)19-6-8-23-9-7-19/h2-5,10H,6-9,11H2,1H3,(H,18,20). The van der Waals surface area contributed by atoms with Gasteiger partial charge in [-0.05, 0) is 31.2 Å². The van der Waals surface area contributed by atoms with Crippen molar-refractivity contribution in [3.05, 3.63) is 47.7 Å². The Balaban J connectivity index is 1.65. The summed E-state index contributed by atoms with van der Waals surface area (Å²) in [5.74, 6) is 0.755. The molecule has 134 valence electrons. The molecule has 1 aliphatic heterocycles. The number of benzene rings is 1. The minimum absolute atomic E-state index is 0.161. The fraction of sp³-hybridized carbons (Fsp3) is 0.375. The lowest BCUT2D eigenvalue weighted by molar-refractivity contribution is 0.0730. The number of nitrogens with zero attached hydrogens (tertiary/aromatic N) is 2. The van der Waals surface area contributed by atoms with Gasteiger partial charge >= 0.3 is 0 Å². The SMILES string of the molecule is Cc1cnc(CNC(=O)c2ccc(S(=O)(=O)N3CCOCC3)cc2)o1. The van der Waals surface area contributed by atoms with Crippen molar-refractivity contribution in [2.45, 2.75) is 18.4 Å². The zero-order chi connectivity index (χ0) is 17.9. The molecule has 1 aliphatic rings. The smallest absolute Gasteiger partial charge is 0.251 e. The van der Waals surface area contributed by atoms with E-state index in [-0.39, 0.29) is 17.3 Å². The van der Waals surface area contributed by atoms with Crippen molar-refractivity contribution in [2.75, 3.05) is 26.3 Å². The van der Waals surface area contributed by atoms with Gasteiger partial charge in [-0.2, -0.15) is 4.31 Å². The van der Waals surface area contributed by atoms with E-state index in [0.29, 0.717) is 43.5 Å². The summed E-state index contributed by atoms with van der Waals surface area (Å²) in [6, 6.07) is 5.86. The molecule has 0 atom stereocenters. The number of carbonyl (C=O) groups is 1. The Morgan fingerprint density at radius 3 is 2.52 bits per heavy atom. The lowest BCUT2D eigenvalue weighted by Gasteiger charge is -2.26. The van der Waals surface area contributed by atoms with Gasteiger partial charge in [0.2, 0.25) is 15.9 Å². The molecule has 0 saturated carbocycles. The molecule has 0 aliphatic carbocycles. The number of oxazole rings is 1. The number of sulfonamides is 1. The first-order chi connectivity index (χ1) is 12.0. The fourth-order valence-electron chi connectivity index (χ4n) is 2.46. The molecule has 0 spiro atoms. The van der Waals surface area contributed by atoms with Crippen molar-refractivity contribution in [1.82, 2.24) is 14.6 Å². The third-order valence-corrected chi connectivity index (χ3v) is 5.71. The molecule has 25 heavy (non-hydrogen) atoms. The van der Waals surface area contributed by atoms with Crippen LogP contribution in [-0.4, -0.2) is 49.9 Å². The zero-order valence-electron chi connectivity index (χ0n) is 13.8. The monoisotopic (exact) mass is 365 g/mol. The van der Waals surface area contributed by atoms with Gasteiger partial charge < -0.3 is 14.5 Å². The second-order valence-corrected chi connectivity index (χ2v) is 7.53. The summed E-state index contributed by atoms with van der Waals surface area (Å²) in [5, 5.41) is 2.68. The summed E-state index contributed by atoms with van der Waals surface area (Å²) in [6.45, 7) is 3.38. The van der Waals surface area contributed by atoms with Crippen molar-refractivity contribution in [2.24, 2.45) is 0 Å². The van der Waals surface area contributed by atoms with Gasteiger partial charge in [0.1, 0.15) is 5.76 Å². The third-order valence-electron chi connectivity index (χ3n) is 3.79. The highest BCUT2D eigenvalue weighted by Crippen LogP contribution is 2.17. The summed E-state index contributed by atoms with van der Waals surface area (Å²) in [4.78, 5) is 16.3. The van der Waals surface area contributed by atoms with Crippen LogP contribution in [0.3, 0.4) is 0 Å². The first-order valence-corrected chi connectivity index (χ1v) is 9.28. The minimum atomic E-state index is -3.56. The maximum atomic E-state index is 12.5. The Labute approximate surface area is 145 Å². The first kappa shape index (κ1) is 17.6. The quantitative estimate of drug-likeness (QED) is 0.846. The fourth-order valence-corrected chi connectivity index (χ4v) is 3.86. The van der Waals surface area contributed by atoms with Crippen LogP contribution in [0.25, 0.3) is 0 Å². The van der Waals surface area contributed by atoms with Gasteiger partial charge in [0.15, 0.2) is 0 Å². The van der Waals surface area contributed by atoms with Gasteiger partial charge in [-0.1, -0.05) is 0 Å². The summed E-state index contributed by atoms with van der Waals surface area (Å²) in [7, 11) is -3.56. The number of morpholine rings is 1. The third kappa shape index (κ3) is 4.06. The Bertz CT molecular complexity index is 839. The van der Waals surface area contributed by atoms with E-state index in [9.17, 15) is 13.2 Å². The number of aromatic nitrogens is 1. The van der Waals surface area contributed by atoms with Crippen LogP contribution in [0.1, 0.15) is 22.0 Å². The van der Waals surface area contributed by atoms with Gasteiger partial charge in [0.25, 0.3) is 5.91 Å². The van der Waals surface area contributed by atoms with Crippen LogP contribution in [0.15, 0.2) is 39.8 Å². The average molecular weight is 365 g/mol. The van der Waals surface area contributed by atoms with Crippen molar-refractivity contribution in [3.63, 3.8) is 0 Å². The summed E-state index contributed by atoms with van der Waals surface area (Å²) in [5.41, 5.74) is 0.365. The van der Waals surface area contributed by atoms with E-state index in [1.165, 1.54) is 28.6 Å². The van der Waals surface area contributed by atoms with E-state index < -0.39 is 10.0 Å². The number of nitrogens with one attached hydrogen (secondary N) is 1. The number of hydrogen-bond acceptors (Lipinski definition) is 6. The number of aryl methyl sites for hydroxylation is 1. The van der Waals surface area contributed by atoms with Gasteiger partial charge in [-0.15, -0.1) is 0 Å². The van der Waals surface area contributed by atoms with Crippen molar-refractivity contribution in [1.29, 1.82) is 0 Å². The van der Waals surface area contributed by atoms with E-state index in [1.807, 2.05) is 0 Å². The molecule has 9 heteroatoms. The molecule has 3 rings (SSSR count). The molecule has 1 saturated heterocycles. The van der Waals surface area contributed by atoms with Crippen molar-refractivity contribution < 1.29 is 22.4 Å². The lowest BCUT2D eigenvalue weighted by atomic mass is 10.2. The van der Waals surface area contributed by atoms with Crippen LogP contribution in [0.5, 0.6) is 0 Å². The maximum absolute atomic E-state index is 12.5. The molecule has 2 heterocycles. The Morgan fingerprint density at radius 2 is 1.92 bits per heavy atom. The van der Waals surface area contributed by atoms with Crippen LogP contribution >= 0.6 is 0 Å². The van der Waals surface area contributed by atoms with E-state index in [0.717, 1.165) is 0 Å². The predicted octanol–water partition coefficient (Wildman–Crippen LogP) is 0.934. The number of ether oxygens (including phenoxy) is 1. The number of rotatable bonds is 5. The molecule has 1 fully saturated rings. The Kier molecular flexibility index (Phi) is 5.16. The molecule has 1 aromatic heterocycles. The van der Waals surface area contributed by atoms with E-state index >= 15 is 0 Å². The zero-order valence-corrected chi connectivity index (χ0v) is 14.6. The largest absolute Gasteiger partial charge is 0.444 e. The van der Waals surface area contributed by atoms with Crippen LogP contribution in [0.2, 0.25) is 0 Å². The van der Waals surface area contributed by atoms with Crippen LogP contribution in [0, 0.1) is 6.92 Å². The molecule has 2 aromatic rings. The number of amides is 1. The molecule has 0 unspecified atom stereocenters. The predicted molar refractivity (Wildman–Crippen MR) is 88.4 cm³/mol. The summed E-state index contributed by atoms with van der Waals surface area (Å²) in [6.07, 6.45) is 1.58. The highest BCUT2D eigenvalue weighted by atomic mass is 32.2.